The topological polar surface area (TPSA) is 56.7 Å². The fourth-order valence-electron chi connectivity index (χ4n) is 2.29. The Morgan fingerprint density at radius 3 is 2.76 bits per heavy atom. The van der Waals surface area contributed by atoms with Crippen LogP contribution >= 0.6 is 11.6 Å². The van der Waals surface area contributed by atoms with E-state index in [0.717, 1.165) is 11.3 Å². The van der Waals surface area contributed by atoms with E-state index in [1.807, 2.05) is 4.57 Å². The van der Waals surface area contributed by atoms with Crippen molar-refractivity contribution in [3.63, 3.8) is 0 Å². The van der Waals surface area contributed by atoms with E-state index in [0.29, 0.717) is 41.6 Å². The molecule has 2 heterocycles. The van der Waals surface area contributed by atoms with Gasteiger partial charge in [0.25, 0.3) is 0 Å². The average molecular weight is 309 g/mol. The number of halogens is 2. The van der Waals surface area contributed by atoms with Crippen molar-refractivity contribution in [1.29, 1.82) is 0 Å². The van der Waals surface area contributed by atoms with Gasteiger partial charge in [-0.1, -0.05) is 5.16 Å². The molecule has 5 nitrogen and oxygen atoms in total. The molecule has 0 aliphatic carbocycles. The minimum atomic E-state index is -0.266. The normalized spacial score (nSPS) is 11.4. The van der Waals surface area contributed by atoms with Gasteiger partial charge in [0.2, 0.25) is 5.89 Å². The lowest BCUT2D eigenvalue weighted by Crippen LogP contribution is -2.06. The molecule has 0 N–H and O–H groups in total. The van der Waals surface area contributed by atoms with Crippen molar-refractivity contribution in [2.45, 2.75) is 26.8 Å². The molecule has 7 heteroatoms. The highest BCUT2D eigenvalue weighted by atomic mass is 35.5. The zero-order valence-corrected chi connectivity index (χ0v) is 12.5. The first-order valence-corrected chi connectivity index (χ1v) is 7.12. The van der Waals surface area contributed by atoms with Crippen molar-refractivity contribution < 1.29 is 8.91 Å². The molecule has 0 atom stereocenters. The third-order valence-electron chi connectivity index (χ3n) is 3.29. The molecule has 21 heavy (non-hydrogen) atoms. The van der Waals surface area contributed by atoms with E-state index in [1.165, 1.54) is 6.07 Å². The lowest BCUT2D eigenvalue weighted by Gasteiger charge is -2.06. The standard InChI is InChI=1S/C14H14ClFN4O/c1-8-5-12-11(6-10(8)16)18-13(3-4-15)20(12)7-14-17-9(2)19-21-14/h5-6H,3-4,7H2,1-2H3. The number of imidazole rings is 1. The number of benzene rings is 1. The van der Waals surface area contributed by atoms with Crippen LogP contribution in [-0.2, 0) is 13.0 Å². The van der Waals surface area contributed by atoms with Crippen molar-refractivity contribution in [1.82, 2.24) is 19.7 Å². The predicted octanol–water partition coefficient (Wildman–Crippen LogP) is 3.00. The molecule has 0 bridgehead atoms. The number of rotatable bonds is 4. The first kappa shape index (κ1) is 14.0. The Morgan fingerprint density at radius 2 is 2.10 bits per heavy atom. The molecule has 110 valence electrons. The van der Waals surface area contributed by atoms with Crippen LogP contribution in [0, 0.1) is 19.7 Å². The minimum absolute atomic E-state index is 0.266. The van der Waals surface area contributed by atoms with Gasteiger partial charge in [0.05, 0.1) is 11.0 Å². The first-order chi connectivity index (χ1) is 10.1. The second-order valence-electron chi connectivity index (χ2n) is 4.88. The molecule has 0 radical (unpaired) electrons. The van der Waals surface area contributed by atoms with E-state index >= 15 is 0 Å². The van der Waals surface area contributed by atoms with E-state index < -0.39 is 0 Å². The molecule has 0 spiro atoms. The van der Waals surface area contributed by atoms with Gasteiger partial charge in [0.1, 0.15) is 18.2 Å². The third kappa shape index (κ3) is 2.63. The summed E-state index contributed by atoms with van der Waals surface area (Å²) in [6.45, 7) is 3.89. The Labute approximate surface area is 125 Å². The second-order valence-corrected chi connectivity index (χ2v) is 5.26. The van der Waals surface area contributed by atoms with Crippen molar-refractivity contribution >= 4 is 22.6 Å². The SMILES string of the molecule is Cc1noc(Cn2c(CCCl)nc3cc(F)c(C)cc32)n1. The Kier molecular flexibility index (Phi) is 3.63. The van der Waals surface area contributed by atoms with E-state index in [9.17, 15) is 4.39 Å². The van der Waals surface area contributed by atoms with Crippen LogP contribution in [0.25, 0.3) is 11.0 Å². The van der Waals surface area contributed by atoms with Crippen LogP contribution in [0.4, 0.5) is 4.39 Å². The zero-order valence-electron chi connectivity index (χ0n) is 11.7. The first-order valence-electron chi connectivity index (χ1n) is 6.59. The summed E-state index contributed by atoms with van der Waals surface area (Å²) in [5.41, 5.74) is 2.02. The van der Waals surface area contributed by atoms with Gasteiger partial charge in [-0.05, 0) is 25.5 Å². The van der Waals surface area contributed by atoms with Gasteiger partial charge >= 0.3 is 0 Å². The Bertz CT molecular complexity index is 796. The highest BCUT2D eigenvalue weighted by Gasteiger charge is 2.15. The molecule has 0 fully saturated rings. The number of nitrogens with zero attached hydrogens (tertiary/aromatic N) is 4. The molecule has 1 aromatic carbocycles. The summed E-state index contributed by atoms with van der Waals surface area (Å²) in [4.78, 5) is 8.66. The lowest BCUT2D eigenvalue weighted by molar-refractivity contribution is 0.367. The molecule has 0 aliphatic rings. The van der Waals surface area contributed by atoms with Gasteiger partial charge in [0.15, 0.2) is 5.82 Å². The number of hydrogen-bond acceptors (Lipinski definition) is 4. The minimum Gasteiger partial charge on any atom is -0.337 e. The molecular formula is C14H14ClFN4O. The zero-order chi connectivity index (χ0) is 15.0. The maximum atomic E-state index is 13.7. The quantitative estimate of drug-likeness (QED) is 0.695. The summed E-state index contributed by atoms with van der Waals surface area (Å²) < 4.78 is 20.8. The van der Waals surface area contributed by atoms with Crippen LogP contribution in [0.5, 0.6) is 0 Å². The van der Waals surface area contributed by atoms with Crippen molar-refractivity contribution in [3.8, 4) is 0 Å². The van der Waals surface area contributed by atoms with Gasteiger partial charge in [-0.25, -0.2) is 9.37 Å². The summed E-state index contributed by atoms with van der Waals surface area (Å²) in [5.74, 6) is 2.02. The molecule has 0 saturated heterocycles. The highest BCUT2D eigenvalue weighted by molar-refractivity contribution is 6.17. The average Bonchev–Trinajstić information content (AvgIpc) is 2.97. The van der Waals surface area contributed by atoms with Crippen molar-refractivity contribution in [2.24, 2.45) is 0 Å². The fourth-order valence-corrected chi connectivity index (χ4v) is 2.46. The summed E-state index contributed by atoms with van der Waals surface area (Å²) in [6.07, 6.45) is 0.587. The van der Waals surface area contributed by atoms with E-state index in [4.69, 9.17) is 16.1 Å². The van der Waals surface area contributed by atoms with Crippen LogP contribution in [0.3, 0.4) is 0 Å². The number of hydrogen-bond donors (Lipinski definition) is 0. The fraction of sp³-hybridized carbons (Fsp3) is 0.357. The van der Waals surface area contributed by atoms with Crippen LogP contribution in [0.15, 0.2) is 16.7 Å². The molecule has 2 aromatic heterocycles. The van der Waals surface area contributed by atoms with Crippen molar-refractivity contribution in [3.05, 3.63) is 41.1 Å². The van der Waals surface area contributed by atoms with Crippen LogP contribution in [-0.4, -0.2) is 25.6 Å². The van der Waals surface area contributed by atoms with Crippen LogP contribution in [0.1, 0.15) is 23.1 Å². The summed E-state index contributed by atoms with van der Waals surface area (Å²) in [6, 6.07) is 3.22. The summed E-state index contributed by atoms with van der Waals surface area (Å²) >= 11 is 5.83. The lowest BCUT2D eigenvalue weighted by atomic mass is 10.2. The van der Waals surface area contributed by atoms with Gasteiger partial charge in [-0.15, -0.1) is 11.6 Å². The highest BCUT2D eigenvalue weighted by Crippen LogP contribution is 2.22. The smallest absolute Gasteiger partial charge is 0.246 e. The number of alkyl halides is 1. The number of aromatic nitrogens is 4. The largest absolute Gasteiger partial charge is 0.337 e. The Morgan fingerprint density at radius 1 is 1.29 bits per heavy atom. The third-order valence-corrected chi connectivity index (χ3v) is 3.48. The van der Waals surface area contributed by atoms with E-state index in [2.05, 4.69) is 15.1 Å². The Hall–Kier alpha value is -1.95. The van der Waals surface area contributed by atoms with E-state index in [-0.39, 0.29) is 5.82 Å². The second kappa shape index (κ2) is 5.44. The maximum Gasteiger partial charge on any atom is 0.246 e. The predicted molar refractivity (Wildman–Crippen MR) is 77.0 cm³/mol. The molecule has 0 saturated carbocycles. The molecule has 0 amide bonds. The number of fused-ring (bicyclic) bond motifs is 1. The molecule has 0 aliphatic heterocycles. The molecule has 3 rings (SSSR count). The van der Waals surface area contributed by atoms with Gasteiger partial charge in [-0.2, -0.15) is 4.98 Å². The van der Waals surface area contributed by atoms with Crippen LogP contribution < -0.4 is 0 Å². The molecule has 0 unspecified atom stereocenters. The summed E-state index contributed by atoms with van der Waals surface area (Å²) in [5, 5.41) is 3.78. The monoisotopic (exact) mass is 308 g/mol. The number of aryl methyl sites for hydroxylation is 3. The van der Waals surface area contributed by atoms with E-state index in [1.54, 1.807) is 19.9 Å². The van der Waals surface area contributed by atoms with Gasteiger partial charge < -0.3 is 9.09 Å². The summed E-state index contributed by atoms with van der Waals surface area (Å²) in [7, 11) is 0. The van der Waals surface area contributed by atoms with Gasteiger partial charge in [-0.3, -0.25) is 0 Å². The van der Waals surface area contributed by atoms with Crippen LogP contribution in [0.2, 0.25) is 0 Å². The van der Waals surface area contributed by atoms with Gasteiger partial charge in [0, 0.05) is 18.4 Å². The molecular weight excluding hydrogens is 295 g/mol. The maximum absolute atomic E-state index is 13.7. The Balaban J connectivity index is 2.12. The van der Waals surface area contributed by atoms with Crippen molar-refractivity contribution in [2.75, 3.05) is 5.88 Å². The molecule has 3 aromatic rings.